The Bertz CT molecular complexity index is 571. The normalized spacial score (nSPS) is 10.8. The largest absolute Gasteiger partial charge is 0.484 e. The van der Waals surface area contributed by atoms with E-state index in [2.05, 4.69) is 17.2 Å². The summed E-state index contributed by atoms with van der Waals surface area (Å²) in [6, 6.07) is 5.01. The number of para-hydroxylation sites is 1. The van der Waals surface area contributed by atoms with Crippen LogP contribution in [0.5, 0.6) is 5.75 Å². The van der Waals surface area contributed by atoms with Gasteiger partial charge >= 0.3 is 0 Å². The van der Waals surface area contributed by atoms with Gasteiger partial charge in [-0.25, -0.2) is 9.37 Å². The zero-order valence-electron chi connectivity index (χ0n) is 12.5. The van der Waals surface area contributed by atoms with Gasteiger partial charge in [0.1, 0.15) is 6.61 Å². The van der Waals surface area contributed by atoms with Crippen LogP contribution in [0.4, 0.5) is 4.39 Å². The van der Waals surface area contributed by atoms with Crippen molar-refractivity contribution in [3.05, 3.63) is 45.7 Å². The van der Waals surface area contributed by atoms with Crippen LogP contribution in [-0.2, 0) is 19.6 Å². The van der Waals surface area contributed by atoms with E-state index in [9.17, 15) is 4.39 Å². The summed E-state index contributed by atoms with van der Waals surface area (Å²) in [5.41, 5.74) is 1.70. The molecule has 0 radical (unpaired) electrons. The van der Waals surface area contributed by atoms with Crippen molar-refractivity contribution in [2.24, 2.45) is 0 Å². The Morgan fingerprint density at radius 2 is 2.19 bits per heavy atom. The molecule has 0 spiro atoms. The van der Waals surface area contributed by atoms with Crippen molar-refractivity contribution >= 4 is 11.3 Å². The quantitative estimate of drug-likeness (QED) is 0.802. The highest BCUT2D eigenvalue weighted by molar-refractivity contribution is 7.09. The van der Waals surface area contributed by atoms with E-state index in [0.717, 1.165) is 35.7 Å². The molecule has 5 heteroatoms. The fourth-order valence-electron chi connectivity index (χ4n) is 2.00. The molecule has 21 heavy (non-hydrogen) atoms. The third-order valence-corrected chi connectivity index (χ3v) is 4.00. The van der Waals surface area contributed by atoms with Crippen molar-refractivity contribution in [3.63, 3.8) is 0 Å². The molecule has 0 amide bonds. The minimum absolute atomic E-state index is 0.306. The molecule has 0 saturated carbocycles. The number of rotatable bonds is 8. The van der Waals surface area contributed by atoms with Gasteiger partial charge in [0.05, 0.1) is 10.7 Å². The molecule has 0 saturated heterocycles. The first-order valence-corrected chi connectivity index (χ1v) is 8.16. The van der Waals surface area contributed by atoms with Crippen molar-refractivity contribution < 1.29 is 9.13 Å². The van der Waals surface area contributed by atoms with Crippen molar-refractivity contribution in [1.82, 2.24) is 10.3 Å². The predicted octanol–water partition coefficient (Wildman–Crippen LogP) is 3.92. The molecule has 3 nitrogen and oxygen atoms in total. The van der Waals surface area contributed by atoms with Crippen molar-refractivity contribution in [3.8, 4) is 5.75 Å². The number of aromatic nitrogens is 1. The van der Waals surface area contributed by atoms with Crippen LogP contribution in [0.25, 0.3) is 0 Å². The van der Waals surface area contributed by atoms with Gasteiger partial charge < -0.3 is 10.1 Å². The maximum atomic E-state index is 13.9. The molecule has 0 aliphatic carbocycles. The Balaban J connectivity index is 2.04. The van der Waals surface area contributed by atoms with Crippen LogP contribution in [0, 0.1) is 5.82 Å². The Kier molecular flexibility index (Phi) is 6.14. The third kappa shape index (κ3) is 4.51. The van der Waals surface area contributed by atoms with Crippen LogP contribution >= 0.6 is 11.3 Å². The van der Waals surface area contributed by atoms with E-state index in [4.69, 9.17) is 4.74 Å². The summed E-state index contributed by atoms with van der Waals surface area (Å²) in [6.45, 7) is 5.89. The number of thiazole rings is 1. The fourth-order valence-corrected chi connectivity index (χ4v) is 2.89. The number of nitrogens with zero attached hydrogens (tertiary/aromatic N) is 1. The molecule has 0 bridgehead atoms. The standard InChI is InChI=1S/C16H21FN2OS/c1-3-6-15-19-13(11-21-15)10-20-16-12(9-18-4-2)7-5-8-14(16)17/h5,7-8,11,18H,3-4,6,9-10H2,1-2H3. The summed E-state index contributed by atoms with van der Waals surface area (Å²) >= 11 is 1.63. The Morgan fingerprint density at radius 3 is 2.95 bits per heavy atom. The smallest absolute Gasteiger partial charge is 0.165 e. The number of hydrogen-bond donors (Lipinski definition) is 1. The summed E-state index contributed by atoms with van der Waals surface area (Å²) in [5, 5.41) is 6.28. The lowest BCUT2D eigenvalue weighted by atomic mass is 10.2. The van der Waals surface area contributed by atoms with Crippen LogP contribution in [0.3, 0.4) is 0 Å². The molecule has 0 atom stereocenters. The second kappa shape index (κ2) is 8.10. The van der Waals surface area contributed by atoms with E-state index >= 15 is 0 Å². The SMILES string of the molecule is CCCc1nc(COc2c(F)cccc2CNCC)cs1. The first-order chi connectivity index (χ1) is 10.2. The van der Waals surface area contributed by atoms with Gasteiger partial charge in [-0.05, 0) is 25.5 Å². The van der Waals surface area contributed by atoms with Gasteiger partial charge in [0.15, 0.2) is 11.6 Å². The topological polar surface area (TPSA) is 34.1 Å². The number of hydrogen-bond acceptors (Lipinski definition) is 4. The van der Waals surface area contributed by atoms with Crippen LogP contribution in [0.1, 0.15) is 36.5 Å². The Morgan fingerprint density at radius 1 is 1.33 bits per heavy atom. The monoisotopic (exact) mass is 308 g/mol. The molecule has 2 aromatic rings. The van der Waals surface area contributed by atoms with Gasteiger partial charge in [0.2, 0.25) is 0 Å². The van der Waals surface area contributed by atoms with Crippen LogP contribution in [0.15, 0.2) is 23.6 Å². The second-order valence-corrected chi connectivity index (χ2v) is 5.72. The van der Waals surface area contributed by atoms with Crippen molar-refractivity contribution in [1.29, 1.82) is 0 Å². The minimum atomic E-state index is -0.325. The van der Waals surface area contributed by atoms with Crippen molar-refractivity contribution in [2.45, 2.75) is 39.8 Å². The molecule has 0 unspecified atom stereocenters. The molecule has 2 rings (SSSR count). The molecule has 1 aromatic carbocycles. The number of halogens is 1. The fraction of sp³-hybridized carbons (Fsp3) is 0.438. The van der Waals surface area contributed by atoms with Crippen LogP contribution < -0.4 is 10.1 Å². The van der Waals surface area contributed by atoms with Gasteiger partial charge in [-0.2, -0.15) is 0 Å². The first kappa shape index (κ1) is 15.9. The number of nitrogens with one attached hydrogen (secondary N) is 1. The van der Waals surface area contributed by atoms with E-state index in [1.165, 1.54) is 6.07 Å². The van der Waals surface area contributed by atoms with E-state index < -0.39 is 0 Å². The molecule has 0 fully saturated rings. The summed E-state index contributed by atoms with van der Waals surface area (Å²) in [6.07, 6.45) is 2.06. The predicted molar refractivity (Wildman–Crippen MR) is 84.2 cm³/mol. The van der Waals surface area contributed by atoms with E-state index in [1.807, 2.05) is 18.4 Å². The number of benzene rings is 1. The van der Waals surface area contributed by atoms with E-state index in [-0.39, 0.29) is 5.82 Å². The lowest BCUT2D eigenvalue weighted by Crippen LogP contribution is -2.13. The lowest BCUT2D eigenvalue weighted by Gasteiger charge is -2.11. The number of aryl methyl sites for hydroxylation is 1. The summed E-state index contributed by atoms with van der Waals surface area (Å²) < 4.78 is 19.6. The van der Waals surface area contributed by atoms with Crippen LogP contribution in [-0.4, -0.2) is 11.5 Å². The molecule has 0 aliphatic heterocycles. The lowest BCUT2D eigenvalue weighted by molar-refractivity contribution is 0.282. The van der Waals surface area contributed by atoms with Gasteiger partial charge in [-0.3, -0.25) is 0 Å². The molecule has 1 heterocycles. The average molecular weight is 308 g/mol. The summed E-state index contributed by atoms with van der Waals surface area (Å²) in [7, 11) is 0. The van der Waals surface area contributed by atoms with Gasteiger partial charge in [0, 0.05) is 17.5 Å². The Hall–Kier alpha value is -1.46. The van der Waals surface area contributed by atoms with Gasteiger partial charge in [-0.1, -0.05) is 26.0 Å². The maximum absolute atomic E-state index is 13.9. The third-order valence-electron chi connectivity index (χ3n) is 3.04. The zero-order valence-corrected chi connectivity index (χ0v) is 13.3. The zero-order chi connectivity index (χ0) is 15.1. The highest BCUT2D eigenvalue weighted by Crippen LogP contribution is 2.24. The molecular formula is C16H21FN2OS. The minimum Gasteiger partial charge on any atom is -0.484 e. The first-order valence-electron chi connectivity index (χ1n) is 7.28. The number of ether oxygens (including phenoxy) is 1. The summed E-state index contributed by atoms with van der Waals surface area (Å²) in [5.74, 6) is -0.00194. The van der Waals surface area contributed by atoms with E-state index in [0.29, 0.717) is 18.9 Å². The maximum Gasteiger partial charge on any atom is 0.165 e. The second-order valence-electron chi connectivity index (χ2n) is 4.78. The Labute approximate surface area is 129 Å². The molecule has 114 valence electrons. The highest BCUT2D eigenvalue weighted by atomic mass is 32.1. The molecule has 0 aliphatic rings. The summed E-state index contributed by atoms with van der Waals surface area (Å²) in [4.78, 5) is 4.49. The van der Waals surface area contributed by atoms with Crippen molar-refractivity contribution in [2.75, 3.05) is 6.54 Å². The molecule has 1 aromatic heterocycles. The van der Waals surface area contributed by atoms with E-state index in [1.54, 1.807) is 17.4 Å². The molecule has 1 N–H and O–H groups in total. The average Bonchev–Trinajstić information content (AvgIpc) is 2.92. The van der Waals surface area contributed by atoms with Gasteiger partial charge in [0.25, 0.3) is 0 Å². The van der Waals surface area contributed by atoms with Crippen LogP contribution in [0.2, 0.25) is 0 Å². The molecular weight excluding hydrogens is 287 g/mol. The highest BCUT2D eigenvalue weighted by Gasteiger charge is 2.11. The van der Waals surface area contributed by atoms with Gasteiger partial charge in [-0.15, -0.1) is 11.3 Å².